The van der Waals surface area contributed by atoms with E-state index in [1.165, 1.54) is 18.2 Å². The number of ether oxygens (including phenoxy) is 1. The van der Waals surface area contributed by atoms with Crippen LogP contribution >= 0.6 is 23.2 Å². The standard InChI is InChI=1S/C24H13Cl2N3O4/c25-17-8-19(26)29-10-16(17)11-1-3-12(4-2-11)20-15(9-27)23(28)33-22-14-7-13(30)5-6-18(14)32-24(31)21(20)22/h1-8,10,20,30H,28H2. The minimum Gasteiger partial charge on any atom is -0.508 e. The molecular formula is C24H13Cl2N3O4. The molecule has 0 saturated carbocycles. The highest BCUT2D eigenvalue weighted by Gasteiger charge is 2.35. The molecule has 162 valence electrons. The van der Waals surface area contributed by atoms with Crippen LogP contribution in [0.2, 0.25) is 10.2 Å². The quantitative estimate of drug-likeness (QED) is 0.304. The van der Waals surface area contributed by atoms with Crippen LogP contribution in [-0.2, 0) is 0 Å². The summed E-state index contributed by atoms with van der Waals surface area (Å²) in [4.78, 5) is 17.0. The lowest BCUT2D eigenvalue weighted by molar-refractivity contribution is 0.387. The van der Waals surface area contributed by atoms with Crippen LogP contribution in [0.1, 0.15) is 17.0 Å². The van der Waals surface area contributed by atoms with Crippen molar-refractivity contribution in [1.29, 1.82) is 5.26 Å². The fraction of sp³-hybridized carbons (Fsp3) is 0.0417. The third-order valence-corrected chi connectivity index (χ3v) is 5.94. The Hall–Kier alpha value is -3.99. The first-order valence-electron chi connectivity index (χ1n) is 9.66. The Morgan fingerprint density at radius 1 is 1.12 bits per heavy atom. The molecule has 2 aromatic carbocycles. The van der Waals surface area contributed by atoms with Gasteiger partial charge in [-0.25, -0.2) is 9.78 Å². The molecule has 1 aliphatic heterocycles. The highest BCUT2D eigenvalue weighted by Crippen LogP contribution is 2.44. The van der Waals surface area contributed by atoms with Crippen molar-refractivity contribution >= 4 is 34.2 Å². The van der Waals surface area contributed by atoms with Crippen LogP contribution in [0.3, 0.4) is 0 Å². The second-order valence-electron chi connectivity index (χ2n) is 7.35. The maximum Gasteiger partial charge on any atom is 0.344 e. The summed E-state index contributed by atoms with van der Waals surface area (Å²) < 4.78 is 11.1. The number of hydrogen-bond acceptors (Lipinski definition) is 7. The molecule has 5 rings (SSSR count). The normalized spacial score (nSPS) is 15.1. The maximum atomic E-state index is 13.0. The number of benzene rings is 2. The molecule has 0 saturated heterocycles. The number of allylic oxidation sites excluding steroid dienone is 1. The van der Waals surface area contributed by atoms with E-state index in [-0.39, 0.29) is 39.3 Å². The lowest BCUT2D eigenvalue weighted by Crippen LogP contribution is -2.26. The molecule has 9 heteroatoms. The molecule has 0 amide bonds. The van der Waals surface area contributed by atoms with Crippen LogP contribution in [0, 0.1) is 11.3 Å². The average molecular weight is 478 g/mol. The second-order valence-corrected chi connectivity index (χ2v) is 8.14. The molecule has 1 aliphatic rings. The summed E-state index contributed by atoms with van der Waals surface area (Å²) in [5.74, 6) is -0.841. The van der Waals surface area contributed by atoms with E-state index in [1.807, 2.05) is 6.07 Å². The van der Waals surface area contributed by atoms with Crippen LogP contribution in [0.5, 0.6) is 11.5 Å². The topological polar surface area (TPSA) is 122 Å². The number of nitrogens with zero attached hydrogens (tertiary/aromatic N) is 2. The monoisotopic (exact) mass is 477 g/mol. The molecule has 33 heavy (non-hydrogen) atoms. The third-order valence-electron chi connectivity index (χ3n) is 5.43. The maximum absolute atomic E-state index is 13.0. The van der Waals surface area contributed by atoms with E-state index in [0.29, 0.717) is 21.5 Å². The Balaban J connectivity index is 1.70. The first-order valence-corrected chi connectivity index (χ1v) is 10.4. The molecule has 2 aromatic heterocycles. The Labute approximate surface area is 196 Å². The van der Waals surface area contributed by atoms with Crippen LogP contribution in [0.4, 0.5) is 0 Å². The first-order chi connectivity index (χ1) is 15.9. The lowest BCUT2D eigenvalue weighted by Gasteiger charge is -2.26. The van der Waals surface area contributed by atoms with Crippen molar-refractivity contribution in [3.63, 3.8) is 0 Å². The molecular weight excluding hydrogens is 465 g/mol. The van der Waals surface area contributed by atoms with Gasteiger partial charge in [0.05, 0.1) is 21.9 Å². The van der Waals surface area contributed by atoms with Gasteiger partial charge in [-0.2, -0.15) is 5.26 Å². The van der Waals surface area contributed by atoms with Crippen LogP contribution in [0.15, 0.2) is 75.4 Å². The molecule has 3 N–H and O–H groups in total. The molecule has 0 aliphatic carbocycles. The van der Waals surface area contributed by atoms with E-state index in [2.05, 4.69) is 4.98 Å². The molecule has 1 atom stereocenters. The minimum absolute atomic E-state index is 0.0369. The summed E-state index contributed by atoms with van der Waals surface area (Å²) in [6.45, 7) is 0. The fourth-order valence-corrected chi connectivity index (χ4v) is 4.39. The van der Waals surface area contributed by atoms with Crippen molar-refractivity contribution in [1.82, 2.24) is 4.98 Å². The van der Waals surface area contributed by atoms with Crippen molar-refractivity contribution in [2.24, 2.45) is 5.73 Å². The second kappa shape index (κ2) is 7.85. The van der Waals surface area contributed by atoms with Crippen molar-refractivity contribution in [3.05, 3.63) is 97.9 Å². The van der Waals surface area contributed by atoms with Gasteiger partial charge in [0, 0.05) is 11.8 Å². The number of phenols is 1. The number of halogens is 2. The van der Waals surface area contributed by atoms with Gasteiger partial charge >= 0.3 is 5.63 Å². The largest absolute Gasteiger partial charge is 0.508 e. The summed E-state index contributed by atoms with van der Waals surface area (Å²) in [5.41, 5.74) is 7.89. The minimum atomic E-state index is -0.824. The van der Waals surface area contributed by atoms with E-state index < -0.39 is 11.5 Å². The van der Waals surface area contributed by atoms with Gasteiger partial charge in [0.2, 0.25) is 5.88 Å². The zero-order valence-corrected chi connectivity index (χ0v) is 18.2. The van der Waals surface area contributed by atoms with Crippen molar-refractivity contribution in [2.45, 2.75) is 5.92 Å². The van der Waals surface area contributed by atoms with E-state index >= 15 is 0 Å². The number of hydrogen-bond donors (Lipinski definition) is 2. The van der Waals surface area contributed by atoms with E-state index in [0.717, 1.165) is 5.56 Å². The van der Waals surface area contributed by atoms with E-state index in [1.54, 1.807) is 36.5 Å². The number of nitriles is 1. The molecule has 3 heterocycles. The number of rotatable bonds is 2. The molecule has 7 nitrogen and oxygen atoms in total. The lowest BCUT2D eigenvalue weighted by atomic mass is 9.83. The van der Waals surface area contributed by atoms with Gasteiger partial charge in [0.15, 0.2) is 5.75 Å². The van der Waals surface area contributed by atoms with E-state index in [4.69, 9.17) is 38.1 Å². The Morgan fingerprint density at radius 3 is 2.58 bits per heavy atom. The molecule has 1 unspecified atom stereocenters. The number of nitrogens with two attached hydrogens (primary N) is 1. The van der Waals surface area contributed by atoms with Gasteiger partial charge in [0.25, 0.3) is 0 Å². The van der Waals surface area contributed by atoms with Crippen molar-refractivity contribution < 1.29 is 14.3 Å². The number of pyridine rings is 1. The van der Waals surface area contributed by atoms with Gasteiger partial charge in [-0.05, 0) is 35.4 Å². The molecule has 0 fully saturated rings. The highest BCUT2D eigenvalue weighted by molar-refractivity contribution is 6.35. The number of phenolic OH excluding ortho intramolecular Hbond substituents is 1. The molecule has 0 bridgehead atoms. The first kappa shape index (κ1) is 20.9. The van der Waals surface area contributed by atoms with Gasteiger partial charge in [-0.15, -0.1) is 0 Å². The fourth-order valence-electron chi connectivity index (χ4n) is 3.92. The summed E-state index contributed by atoms with van der Waals surface area (Å²) >= 11 is 12.2. The summed E-state index contributed by atoms with van der Waals surface area (Å²) in [7, 11) is 0. The summed E-state index contributed by atoms with van der Waals surface area (Å²) in [6, 6.07) is 15.0. The van der Waals surface area contributed by atoms with Crippen molar-refractivity contribution in [2.75, 3.05) is 0 Å². The number of fused-ring (bicyclic) bond motifs is 3. The Kier molecular flexibility index (Phi) is 4.97. The smallest absolute Gasteiger partial charge is 0.344 e. The Bertz CT molecular complexity index is 1570. The van der Waals surface area contributed by atoms with Gasteiger partial charge in [-0.1, -0.05) is 47.5 Å². The van der Waals surface area contributed by atoms with E-state index in [9.17, 15) is 15.2 Å². The summed E-state index contributed by atoms with van der Waals surface area (Å²) in [6.07, 6.45) is 1.56. The molecule has 4 aromatic rings. The number of aromatic nitrogens is 1. The Morgan fingerprint density at radius 2 is 1.88 bits per heavy atom. The van der Waals surface area contributed by atoms with Crippen molar-refractivity contribution in [3.8, 4) is 28.7 Å². The number of aromatic hydroxyl groups is 1. The van der Waals surface area contributed by atoms with Gasteiger partial charge in [-0.3, -0.25) is 0 Å². The van der Waals surface area contributed by atoms with Gasteiger partial charge in [0.1, 0.15) is 28.1 Å². The zero-order chi connectivity index (χ0) is 23.3. The predicted octanol–water partition coefficient (Wildman–Crippen LogP) is 5.09. The van der Waals surface area contributed by atoms with Crippen LogP contribution < -0.4 is 16.1 Å². The molecule has 0 spiro atoms. The SMILES string of the molecule is N#CC1=C(N)Oc2c(c(=O)oc3ccc(O)cc23)C1c1ccc(-c2cnc(Cl)cc2Cl)cc1. The van der Waals surface area contributed by atoms with Crippen LogP contribution in [0.25, 0.3) is 22.1 Å². The average Bonchev–Trinajstić information content (AvgIpc) is 2.79. The van der Waals surface area contributed by atoms with Crippen LogP contribution in [-0.4, -0.2) is 10.1 Å². The van der Waals surface area contributed by atoms with Gasteiger partial charge < -0.3 is 20.0 Å². The predicted molar refractivity (Wildman–Crippen MR) is 123 cm³/mol. The highest BCUT2D eigenvalue weighted by atomic mass is 35.5. The third kappa shape index (κ3) is 3.46. The molecule has 0 radical (unpaired) electrons. The zero-order valence-electron chi connectivity index (χ0n) is 16.7. The summed E-state index contributed by atoms with van der Waals surface area (Å²) in [5, 5.41) is 20.8.